The van der Waals surface area contributed by atoms with Crippen LogP contribution in [0.2, 0.25) is 5.02 Å². The van der Waals surface area contributed by atoms with E-state index in [0.717, 1.165) is 0 Å². The molecule has 0 aliphatic carbocycles. The summed E-state index contributed by atoms with van der Waals surface area (Å²) in [5, 5.41) is 18.4. The highest BCUT2D eigenvalue weighted by Gasteiger charge is 2.08. The van der Waals surface area contributed by atoms with Crippen molar-refractivity contribution < 1.29 is 9.90 Å². The van der Waals surface area contributed by atoms with Crippen molar-refractivity contribution in [3.05, 3.63) is 41.2 Å². The molecule has 2 rings (SSSR count). The van der Waals surface area contributed by atoms with Gasteiger partial charge in [0.15, 0.2) is 0 Å². The maximum Gasteiger partial charge on any atom is 0.273 e. The molecule has 0 atom stereocenters. The summed E-state index contributed by atoms with van der Waals surface area (Å²) >= 11 is 5.64. The molecular formula is C10H8ClN3O2. The van der Waals surface area contributed by atoms with Crippen LogP contribution in [-0.4, -0.2) is 21.2 Å². The first-order valence-corrected chi connectivity index (χ1v) is 4.84. The van der Waals surface area contributed by atoms with Crippen LogP contribution in [0.5, 0.6) is 5.75 Å². The Labute approximate surface area is 96.1 Å². The molecule has 82 valence electrons. The van der Waals surface area contributed by atoms with Crippen molar-refractivity contribution in [1.29, 1.82) is 0 Å². The van der Waals surface area contributed by atoms with E-state index in [9.17, 15) is 9.90 Å². The molecule has 1 aromatic carbocycles. The number of carbonyl (C=O) groups excluding carboxylic acids is 1. The van der Waals surface area contributed by atoms with Gasteiger partial charge in [0.25, 0.3) is 5.91 Å². The number of aromatic nitrogens is 2. The third-order valence-electron chi connectivity index (χ3n) is 1.95. The summed E-state index contributed by atoms with van der Waals surface area (Å²) in [5.74, 6) is -0.414. The van der Waals surface area contributed by atoms with Gasteiger partial charge in [-0.05, 0) is 18.2 Å². The highest BCUT2D eigenvalue weighted by molar-refractivity contribution is 6.32. The number of rotatable bonds is 2. The summed E-state index contributed by atoms with van der Waals surface area (Å²) in [6, 6.07) is 6.01. The van der Waals surface area contributed by atoms with Crippen molar-refractivity contribution in [1.82, 2.24) is 10.2 Å². The molecule has 0 unspecified atom stereocenters. The van der Waals surface area contributed by atoms with Crippen molar-refractivity contribution in [3.63, 3.8) is 0 Å². The molecule has 16 heavy (non-hydrogen) atoms. The first-order valence-electron chi connectivity index (χ1n) is 4.46. The maximum absolute atomic E-state index is 11.6. The van der Waals surface area contributed by atoms with Gasteiger partial charge in [0.1, 0.15) is 11.4 Å². The summed E-state index contributed by atoms with van der Waals surface area (Å²) in [5.41, 5.74) is 0.802. The van der Waals surface area contributed by atoms with Crippen LogP contribution in [0.3, 0.4) is 0 Å². The van der Waals surface area contributed by atoms with E-state index in [-0.39, 0.29) is 16.7 Å². The molecule has 1 aromatic heterocycles. The van der Waals surface area contributed by atoms with Crippen molar-refractivity contribution >= 4 is 23.2 Å². The minimum absolute atomic E-state index is 0.0796. The van der Waals surface area contributed by atoms with E-state index in [2.05, 4.69) is 15.5 Å². The smallest absolute Gasteiger partial charge is 0.273 e. The molecule has 3 N–H and O–H groups in total. The average molecular weight is 238 g/mol. The number of H-pyrrole nitrogens is 1. The molecular weight excluding hydrogens is 230 g/mol. The van der Waals surface area contributed by atoms with Crippen molar-refractivity contribution in [3.8, 4) is 5.75 Å². The van der Waals surface area contributed by atoms with E-state index >= 15 is 0 Å². The van der Waals surface area contributed by atoms with E-state index in [1.54, 1.807) is 12.1 Å². The van der Waals surface area contributed by atoms with Gasteiger partial charge in [0, 0.05) is 18.0 Å². The van der Waals surface area contributed by atoms with Crippen LogP contribution in [0.25, 0.3) is 0 Å². The van der Waals surface area contributed by atoms with Gasteiger partial charge in [0.2, 0.25) is 0 Å². The lowest BCUT2D eigenvalue weighted by Gasteiger charge is -2.04. The Bertz CT molecular complexity index is 511. The number of carbonyl (C=O) groups is 1. The Balaban J connectivity index is 2.15. The van der Waals surface area contributed by atoms with Crippen molar-refractivity contribution in [2.24, 2.45) is 0 Å². The second-order valence-electron chi connectivity index (χ2n) is 3.09. The van der Waals surface area contributed by atoms with Gasteiger partial charge in [-0.1, -0.05) is 11.6 Å². The zero-order chi connectivity index (χ0) is 11.5. The molecule has 0 saturated carbocycles. The summed E-state index contributed by atoms with van der Waals surface area (Å²) in [4.78, 5) is 11.6. The molecule has 0 fully saturated rings. The molecule has 0 spiro atoms. The molecule has 5 nitrogen and oxygen atoms in total. The molecule has 0 saturated heterocycles. The summed E-state index contributed by atoms with van der Waals surface area (Å²) in [6.07, 6.45) is 1.48. The maximum atomic E-state index is 11.6. The van der Waals surface area contributed by atoms with Gasteiger partial charge >= 0.3 is 0 Å². The standard InChI is InChI=1S/C10H8ClN3O2/c11-7-2-1-6(5-9(7)15)13-10(16)8-3-4-12-14-8/h1-5,15H,(H,12,14)(H,13,16). The number of amides is 1. The number of aromatic amines is 1. The fourth-order valence-electron chi connectivity index (χ4n) is 1.17. The number of nitrogens with one attached hydrogen (secondary N) is 2. The molecule has 0 radical (unpaired) electrons. The number of nitrogens with zero attached hydrogens (tertiary/aromatic N) is 1. The summed E-state index contributed by atoms with van der Waals surface area (Å²) in [7, 11) is 0. The molecule has 6 heteroatoms. The molecule has 0 aliphatic heterocycles. The Kier molecular flexibility index (Phi) is 2.78. The van der Waals surface area contributed by atoms with E-state index in [0.29, 0.717) is 11.4 Å². The van der Waals surface area contributed by atoms with Crippen LogP contribution in [-0.2, 0) is 0 Å². The zero-order valence-electron chi connectivity index (χ0n) is 8.07. The van der Waals surface area contributed by atoms with Crippen LogP contribution < -0.4 is 5.32 Å². The van der Waals surface area contributed by atoms with Gasteiger partial charge < -0.3 is 10.4 Å². The molecule has 0 bridgehead atoms. The number of anilines is 1. The number of halogens is 1. The fraction of sp³-hybridized carbons (Fsp3) is 0. The van der Waals surface area contributed by atoms with E-state index in [4.69, 9.17) is 11.6 Å². The third kappa shape index (κ3) is 2.14. The topological polar surface area (TPSA) is 78.0 Å². The van der Waals surface area contributed by atoms with Crippen molar-refractivity contribution in [2.75, 3.05) is 5.32 Å². The number of hydrogen-bond donors (Lipinski definition) is 3. The fourth-order valence-corrected chi connectivity index (χ4v) is 1.29. The largest absolute Gasteiger partial charge is 0.506 e. The molecule has 2 aromatic rings. The summed E-state index contributed by atoms with van der Waals surface area (Å²) < 4.78 is 0. The number of hydrogen-bond acceptors (Lipinski definition) is 3. The predicted octanol–water partition coefficient (Wildman–Crippen LogP) is 2.02. The van der Waals surface area contributed by atoms with Crippen molar-refractivity contribution in [2.45, 2.75) is 0 Å². The second-order valence-corrected chi connectivity index (χ2v) is 3.50. The van der Waals surface area contributed by atoms with Crippen LogP contribution in [0.1, 0.15) is 10.5 Å². The van der Waals surface area contributed by atoms with Gasteiger partial charge in [0.05, 0.1) is 5.02 Å². The number of benzene rings is 1. The lowest BCUT2D eigenvalue weighted by atomic mass is 10.3. The van der Waals surface area contributed by atoms with E-state index in [1.165, 1.54) is 18.3 Å². The Morgan fingerprint density at radius 1 is 1.44 bits per heavy atom. The van der Waals surface area contributed by atoms with Gasteiger partial charge in [-0.2, -0.15) is 5.10 Å². The van der Waals surface area contributed by atoms with Gasteiger partial charge in [-0.15, -0.1) is 0 Å². The highest BCUT2D eigenvalue weighted by atomic mass is 35.5. The predicted molar refractivity (Wildman–Crippen MR) is 59.7 cm³/mol. The van der Waals surface area contributed by atoms with Crippen LogP contribution >= 0.6 is 11.6 Å². The van der Waals surface area contributed by atoms with Crippen LogP contribution in [0, 0.1) is 0 Å². The van der Waals surface area contributed by atoms with Crippen LogP contribution in [0.15, 0.2) is 30.5 Å². The van der Waals surface area contributed by atoms with Crippen LogP contribution in [0.4, 0.5) is 5.69 Å². The lowest BCUT2D eigenvalue weighted by Crippen LogP contribution is -2.12. The first kappa shape index (κ1) is 10.5. The molecule has 1 amide bonds. The molecule has 1 heterocycles. The van der Waals surface area contributed by atoms with Gasteiger partial charge in [-0.25, -0.2) is 0 Å². The van der Waals surface area contributed by atoms with E-state index in [1.807, 2.05) is 0 Å². The van der Waals surface area contributed by atoms with E-state index < -0.39 is 0 Å². The second kappa shape index (κ2) is 4.24. The number of aromatic hydroxyl groups is 1. The van der Waals surface area contributed by atoms with Gasteiger partial charge in [-0.3, -0.25) is 9.89 Å². The monoisotopic (exact) mass is 237 g/mol. The number of phenolic OH excluding ortho intramolecular Hbond substituents is 1. The Morgan fingerprint density at radius 3 is 2.88 bits per heavy atom. The highest BCUT2D eigenvalue weighted by Crippen LogP contribution is 2.26. The Hall–Kier alpha value is -2.01. The number of phenols is 1. The first-order chi connectivity index (χ1) is 7.66. The lowest BCUT2D eigenvalue weighted by molar-refractivity contribution is 0.102. The third-order valence-corrected chi connectivity index (χ3v) is 2.27. The average Bonchev–Trinajstić information content (AvgIpc) is 2.77. The quantitative estimate of drug-likeness (QED) is 0.748. The normalized spacial score (nSPS) is 10.1. The minimum Gasteiger partial charge on any atom is -0.506 e. The minimum atomic E-state index is -0.334. The zero-order valence-corrected chi connectivity index (χ0v) is 8.82. The molecule has 0 aliphatic rings. The summed E-state index contributed by atoms with van der Waals surface area (Å²) in [6.45, 7) is 0. The Morgan fingerprint density at radius 2 is 2.25 bits per heavy atom. The SMILES string of the molecule is O=C(Nc1ccc(Cl)c(O)c1)c1ccn[nH]1.